The summed E-state index contributed by atoms with van der Waals surface area (Å²) in [7, 11) is 0. The molecule has 1 heterocycles. The molecule has 1 aliphatic carbocycles. The minimum absolute atomic E-state index is 0.195. The molecule has 1 saturated heterocycles. The van der Waals surface area contributed by atoms with Gasteiger partial charge < -0.3 is 5.32 Å². The molecule has 0 radical (unpaired) electrons. The predicted molar refractivity (Wildman–Crippen MR) is 58.4 cm³/mol. The number of nitrogens with zero attached hydrogens (tertiary/aromatic N) is 1. The first kappa shape index (κ1) is 9.80. The molecule has 1 aliphatic heterocycles. The molecule has 82 valence electrons. The Morgan fingerprint density at radius 3 is 3.19 bits per heavy atom. The van der Waals surface area contributed by atoms with Gasteiger partial charge in [0.15, 0.2) is 0 Å². The van der Waals surface area contributed by atoms with Crippen molar-refractivity contribution in [2.75, 3.05) is 13.1 Å². The van der Waals surface area contributed by atoms with Gasteiger partial charge in [-0.2, -0.15) is 5.26 Å². The van der Waals surface area contributed by atoms with Crippen molar-refractivity contribution in [3.8, 4) is 6.07 Å². The van der Waals surface area contributed by atoms with Gasteiger partial charge in [0.1, 0.15) is 5.82 Å². The second-order valence-electron chi connectivity index (χ2n) is 4.90. The van der Waals surface area contributed by atoms with Crippen LogP contribution >= 0.6 is 0 Å². The monoisotopic (exact) mass is 216 g/mol. The highest BCUT2D eigenvalue weighted by Crippen LogP contribution is 2.41. The van der Waals surface area contributed by atoms with Crippen molar-refractivity contribution in [3.05, 3.63) is 35.1 Å². The Morgan fingerprint density at radius 1 is 1.50 bits per heavy atom. The number of hydrogen-bond acceptors (Lipinski definition) is 2. The maximum absolute atomic E-state index is 13.2. The zero-order valence-corrected chi connectivity index (χ0v) is 8.96. The Bertz CT molecular complexity index is 477. The molecule has 1 N–H and O–H groups in total. The van der Waals surface area contributed by atoms with Crippen LogP contribution in [0.2, 0.25) is 0 Å². The molecule has 2 nitrogen and oxygen atoms in total. The first-order valence-electron chi connectivity index (χ1n) is 5.64. The largest absolute Gasteiger partial charge is 0.315 e. The second kappa shape index (κ2) is 3.29. The molecule has 1 aromatic carbocycles. The summed E-state index contributed by atoms with van der Waals surface area (Å²) in [4.78, 5) is 0. The number of rotatable bonds is 0. The highest BCUT2D eigenvalue weighted by molar-refractivity contribution is 5.43. The van der Waals surface area contributed by atoms with Gasteiger partial charge in [0, 0.05) is 6.54 Å². The molecule has 3 rings (SSSR count). The van der Waals surface area contributed by atoms with Gasteiger partial charge in [-0.05, 0) is 48.6 Å². The average Bonchev–Trinajstić information content (AvgIpc) is 2.28. The maximum atomic E-state index is 13.2. The summed E-state index contributed by atoms with van der Waals surface area (Å²) in [5, 5.41) is 12.7. The number of halogens is 1. The Balaban J connectivity index is 2.18. The van der Waals surface area contributed by atoms with E-state index in [0.717, 1.165) is 30.5 Å². The third-order valence-corrected chi connectivity index (χ3v) is 3.80. The number of piperidine rings is 1. The Kier molecular flexibility index (Phi) is 2.02. The molecule has 0 spiro atoms. The van der Waals surface area contributed by atoms with Crippen molar-refractivity contribution >= 4 is 0 Å². The lowest BCUT2D eigenvalue weighted by Gasteiger charge is -2.42. The van der Waals surface area contributed by atoms with Crippen LogP contribution in [0.4, 0.5) is 4.39 Å². The van der Waals surface area contributed by atoms with Gasteiger partial charge in [-0.15, -0.1) is 0 Å². The zero-order chi connectivity index (χ0) is 11.2. The van der Waals surface area contributed by atoms with Crippen LogP contribution < -0.4 is 5.32 Å². The third kappa shape index (κ3) is 1.27. The first-order chi connectivity index (χ1) is 7.73. The fourth-order valence-corrected chi connectivity index (χ4v) is 3.13. The summed E-state index contributed by atoms with van der Waals surface area (Å²) in [6.07, 6.45) is 1.80. The van der Waals surface area contributed by atoms with E-state index in [9.17, 15) is 9.65 Å². The van der Waals surface area contributed by atoms with E-state index >= 15 is 0 Å². The van der Waals surface area contributed by atoms with Crippen LogP contribution in [0.1, 0.15) is 17.5 Å². The number of nitrogens with one attached hydrogen (secondary N) is 1. The van der Waals surface area contributed by atoms with E-state index in [1.165, 1.54) is 6.07 Å². The highest BCUT2D eigenvalue weighted by atomic mass is 19.1. The molecular formula is C13H13FN2. The summed E-state index contributed by atoms with van der Waals surface area (Å²) in [5.41, 5.74) is 1.63. The van der Waals surface area contributed by atoms with Gasteiger partial charge in [0.05, 0.1) is 11.5 Å². The second-order valence-corrected chi connectivity index (χ2v) is 4.90. The Hall–Kier alpha value is -1.40. The van der Waals surface area contributed by atoms with E-state index in [4.69, 9.17) is 0 Å². The lowest BCUT2D eigenvalue weighted by atomic mass is 9.65. The van der Waals surface area contributed by atoms with Crippen molar-refractivity contribution in [2.24, 2.45) is 5.92 Å². The molecule has 0 amide bonds. The fourth-order valence-electron chi connectivity index (χ4n) is 3.13. The topological polar surface area (TPSA) is 35.8 Å². The van der Waals surface area contributed by atoms with Crippen molar-refractivity contribution in [2.45, 2.75) is 18.3 Å². The highest BCUT2D eigenvalue weighted by Gasteiger charge is 2.43. The number of benzene rings is 1. The van der Waals surface area contributed by atoms with Crippen molar-refractivity contribution in [1.82, 2.24) is 5.32 Å². The van der Waals surface area contributed by atoms with Gasteiger partial charge in [-0.1, -0.05) is 6.07 Å². The first-order valence-corrected chi connectivity index (χ1v) is 5.64. The van der Waals surface area contributed by atoms with Crippen LogP contribution in [0, 0.1) is 23.1 Å². The lowest BCUT2D eigenvalue weighted by molar-refractivity contribution is 0.266. The van der Waals surface area contributed by atoms with Crippen LogP contribution in [-0.2, 0) is 11.8 Å². The lowest BCUT2D eigenvalue weighted by Crippen LogP contribution is -2.50. The maximum Gasteiger partial charge on any atom is 0.123 e. The molecule has 2 atom stereocenters. The summed E-state index contributed by atoms with van der Waals surface area (Å²) in [6, 6.07) is 7.29. The summed E-state index contributed by atoms with van der Waals surface area (Å²) >= 11 is 0. The SMILES string of the molecule is N#CC12CNCC(Cc3cc(F)ccc31)C2. The van der Waals surface area contributed by atoms with E-state index in [2.05, 4.69) is 11.4 Å². The summed E-state index contributed by atoms with van der Waals surface area (Å²) in [5.74, 6) is 0.280. The number of hydrogen-bond donors (Lipinski definition) is 1. The minimum atomic E-state index is -0.426. The molecule has 3 heteroatoms. The zero-order valence-electron chi connectivity index (χ0n) is 8.96. The Morgan fingerprint density at radius 2 is 2.38 bits per heavy atom. The fraction of sp³-hybridized carbons (Fsp3) is 0.462. The van der Waals surface area contributed by atoms with Gasteiger partial charge in [0.25, 0.3) is 0 Å². The van der Waals surface area contributed by atoms with Crippen LogP contribution in [-0.4, -0.2) is 13.1 Å². The van der Waals surface area contributed by atoms with Gasteiger partial charge in [-0.3, -0.25) is 0 Å². The van der Waals surface area contributed by atoms with Crippen LogP contribution in [0.25, 0.3) is 0 Å². The van der Waals surface area contributed by atoms with Crippen molar-refractivity contribution in [1.29, 1.82) is 5.26 Å². The standard InChI is InChI=1S/C13H13FN2/c14-11-1-2-12-10(4-11)3-9-5-13(12,7-15)8-16-6-9/h1-2,4,9,16H,3,5-6,8H2. The molecule has 2 aliphatic rings. The van der Waals surface area contributed by atoms with E-state index in [0.29, 0.717) is 12.5 Å². The predicted octanol–water partition coefficient (Wildman–Crippen LogP) is 1.75. The smallest absolute Gasteiger partial charge is 0.123 e. The Labute approximate surface area is 94.1 Å². The van der Waals surface area contributed by atoms with Gasteiger partial charge in [-0.25, -0.2) is 4.39 Å². The summed E-state index contributed by atoms with van der Waals surface area (Å²) < 4.78 is 13.2. The van der Waals surface area contributed by atoms with Gasteiger partial charge in [0.2, 0.25) is 0 Å². The van der Waals surface area contributed by atoms with E-state index in [1.54, 1.807) is 12.1 Å². The molecule has 2 bridgehead atoms. The molecule has 1 aromatic rings. The normalized spacial score (nSPS) is 31.6. The van der Waals surface area contributed by atoms with Crippen molar-refractivity contribution in [3.63, 3.8) is 0 Å². The molecule has 0 saturated carbocycles. The number of fused-ring (bicyclic) bond motifs is 4. The van der Waals surface area contributed by atoms with Gasteiger partial charge >= 0.3 is 0 Å². The molecular weight excluding hydrogens is 203 g/mol. The van der Waals surface area contributed by atoms with Crippen molar-refractivity contribution < 1.29 is 4.39 Å². The van der Waals surface area contributed by atoms with Crippen LogP contribution in [0.3, 0.4) is 0 Å². The molecule has 16 heavy (non-hydrogen) atoms. The minimum Gasteiger partial charge on any atom is -0.315 e. The quantitative estimate of drug-likeness (QED) is 0.717. The molecule has 1 fully saturated rings. The summed E-state index contributed by atoms with van der Waals surface area (Å²) in [6.45, 7) is 1.64. The molecule has 0 aromatic heterocycles. The third-order valence-electron chi connectivity index (χ3n) is 3.80. The molecule has 2 unspecified atom stereocenters. The van der Waals surface area contributed by atoms with E-state index < -0.39 is 5.41 Å². The van der Waals surface area contributed by atoms with Crippen LogP contribution in [0.5, 0.6) is 0 Å². The van der Waals surface area contributed by atoms with E-state index in [1.807, 2.05) is 0 Å². The van der Waals surface area contributed by atoms with Crippen LogP contribution in [0.15, 0.2) is 18.2 Å². The van der Waals surface area contributed by atoms with E-state index in [-0.39, 0.29) is 5.82 Å². The number of nitriles is 1. The average molecular weight is 216 g/mol.